The minimum absolute atomic E-state index is 0.0177. The van der Waals surface area contributed by atoms with Crippen molar-refractivity contribution in [2.24, 2.45) is 5.92 Å². The standard InChI is InChI=1S/C18H16FN3O/c19-16-7-5-13(6-8-16)17(23)15-4-2-10-22(12-15)18-14(11-20)3-1-9-21-18/h1,3,5-9,15H,2,4,10,12H2/t15-/m0/s1. The van der Waals surface area contributed by atoms with Crippen LogP contribution in [0.4, 0.5) is 10.2 Å². The van der Waals surface area contributed by atoms with Crippen LogP contribution < -0.4 is 4.90 Å². The summed E-state index contributed by atoms with van der Waals surface area (Å²) in [5, 5.41) is 9.21. The van der Waals surface area contributed by atoms with E-state index in [4.69, 9.17) is 0 Å². The Hall–Kier alpha value is -2.74. The summed E-state index contributed by atoms with van der Waals surface area (Å²) in [7, 11) is 0. The molecule has 5 heteroatoms. The molecule has 0 amide bonds. The highest BCUT2D eigenvalue weighted by atomic mass is 19.1. The van der Waals surface area contributed by atoms with E-state index in [9.17, 15) is 14.4 Å². The van der Waals surface area contributed by atoms with Gasteiger partial charge in [-0.25, -0.2) is 9.37 Å². The predicted molar refractivity (Wildman–Crippen MR) is 84.6 cm³/mol. The fourth-order valence-electron chi connectivity index (χ4n) is 2.97. The van der Waals surface area contributed by atoms with Crippen molar-refractivity contribution in [2.45, 2.75) is 12.8 Å². The molecule has 23 heavy (non-hydrogen) atoms. The Morgan fingerprint density at radius 1 is 1.30 bits per heavy atom. The number of anilines is 1. The summed E-state index contributed by atoms with van der Waals surface area (Å²) < 4.78 is 13.0. The summed E-state index contributed by atoms with van der Waals surface area (Å²) >= 11 is 0. The number of hydrogen-bond acceptors (Lipinski definition) is 4. The summed E-state index contributed by atoms with van der Waals surface area (Å²) in [5.74, 6) is 0.137. The molecule has 4 nitrogen and oxygen atoms in total. The number of carbonyl (C=O) groups excluding carboxylic acids is 1. The van der Waals surface area contributed by atoms with Crippen molar-refractivity contribution in [3.8, 4) is 6.07 Å². The third-order valence-corrected chi connectivity index (χ3v) is 4.13. The van der Waals surface area contributed by atoms with Crippen LogP contribution in [0.3, 0.4) is 0 Å². The summed E-state index contributed by atoms with van der Waals surface area (Å²) in [6, 6.07) is 11.3. The van der Waals surface area contributed by atoms with E-state index in [-0.39, 0.29) is 17.5 Å². The average molecular weight is 309 g/mol. The van der Waals surface area contributed by atoms with Gasteiger partial charge in [0.15, 0.2) is 5.78 Å². The molecule has 116 valence electrons. The molecule has 2 heterocycles. The molecule has 1 aromatic carbocycles. The molecular formula is C18H16FN3O. The zero-order valence-electron chi connectivity index (χ0n) is 12.6. The molecule has 0 aliphatic carbocycles. The quantitative estimate of drug-likeness (QED) is 0.817. The first kappa shape index (κ1) is 15.2. The molecule has 1 fully saturated rings. The molecule has 3 rings (SSSR count). The topological polar surface area (TPSA) is 57.0 Å². The minimum atomic E-state index is -0.348. The number of hydrogen-bond donors (Lipinski definition) is 0. The van der Waals surface area contributed by atoms with E-state index in [2.05, 4.69) is 11.1 Å². The van der Waals surface area contributed by atoms with E-state index >= 15 is 0 Å². The van der Waals surface area contributed by atoms with Gasteiger partial charge in [0.1, 0.15) is 17.7 Å². The second-order valence-electron chi connectivity index (χ2n) is 5.64. The highest BCUT2D eigenvalue weighted by molar-refractivity contribution is 5.98. The van der Waals surface area contributed by atoms with Crippen LogP contribution in [0.15, 0.2) is 42.6 Å². The molecule has 0 radical (unpaired) electrons. The third kappa shape index (κ3) is 3.21. The van der Waals surface area contributed by atoms with E-state index < -0.39 is 0 Å². The van der Waals surface area contributed by atoms with E-state index in [1.807, 2.05) is 4.90 Å². The molecule has 1 atom stereocenters. The molecule has 0 unspecified atom stereocenters. The van der Waals surface area contributed by atoms with Crippen molar-refractivity contribution in [3.05, 3.63) is 59.5 Å². The lowest BCUT2D eigenvalue weighted by Crippen LogP contribution is -2.39. The number of piperidine rings is 1. The fourth-order valence-corrected chi connectivity index (χ4v) is 2.97. The number of halogens is 1. The van der Waals surface area contributed by atoms with Crippen molar-refractivity contribution in [1.29, 1.82) is 5.26 Å². The van der Waals surface area contributed by atoms with Crippen LogP contribution in [-0.2, 0) is 0 Å². The number of benzene rings is 1. The van der Waals surface area contributed by atoms with Crippen LogP contribution in [-0.4, -0.2) is 23.9 Å². The van der Waals surface area contributed by atoms with Crippen LogP contribution in [0.1, 0.15) is 28.8 Å². The van der Waals surface area contributed by atoms with Crippen LogP contribution in [0.2, 0.25) is 0 Å². The first-order chi connectivity index (χ1) is 11.2. The number of pyridine rings is 1. The zero-order chi connectivity index (χ0) is 16.2. The van der Waals surface area contributed by atoms with Gasteiger partial charge >= 0.3 is 0 Å². The van der Waals surface area contributed by atoms with E-state index in [1.165, 1.54) is 24.3 Å². The highest BCUT2D eigenvalue weighted by Crippen LogP contribution is 2.26. The van der Waals surface area contributed by atoms with Crippen molar-refractivity contribution < 1.29 is 9.18 Å². The minimum Gasteiger partial charge on any atom is -0.355 e. The number of carbonyl (C=O) groups is 1. The lowest BCUT2D eigenvalue weighted by molar-refractivity contribution is 0.0907. The monoisotopic (exact) mass is 309 g/mol. The first-order valence-corrected chi connectivity index (χ1v) is 7.59. The van der Waals surface area contributed by atoms with Crippen LogP contribution in [0, 0.1) is 23.1 Å². The third-order valence-electron chi connectivity index (χ3n) is 4.13. The Morgan fingerprint density at radius 2 is 2.09 bits per heavy atom. The molecular weight excluding hydrogens is 293 g/mol. The number of aromatic nitrogens is 1. The van der Waals surface area contributed by atoms with Gasteiger partial charge in [-0.1, -0.05) is 0 Å². The number of nitrogens with zero attached hydrogens (tertiary/aromatic N) is 3. The number of Topliss-reactive ketones (excluding diaryl/α,β-unsaturated/α-hetero) is 1. The summed E-state index contributed by atoms with van der Waals surface area (Å²) in [4.78, 5) is 18.9. The van der Waals surface area contributed by atoms with Crippen LogP contribution >= 0.6 is 0 Å². The Morgan fingerprint density at radius 3 is 2.83 bits per heavy atom. The van der Waals surface area contributed by atoms with Gasteiger partial charge in [-0.2, -0.15) is 5.26 Å². The van der Waals surface area contributed by atoms with Gasteiger partial charge in [0, 0.05) is 30.8 Å². The summed E-state index contributed by atoms with van der Waals surface area (Å²) in [5.41, 5.74) is 1.04. The van der Waals surface area contributed by atoms with Gasteiger partial charge in [-0.15, -0.1) is 0 Å². The lowest BCUT2D eigenvalue weighted by Gasteiger charge is -2.33. The molecule has 2 aromatic rings. The second kappa shape index (κ2) is 6.57. The maximum atomic E-state index is 13.0. The largest absolute Gasteiger partial charge is 0.355 e. The Balaban J connectivity index is 1.79. The molecule has 1 aliphatic heterocycles. The van der Waals surface area contributed by atoms with Crippen molar-refractivity contribution in [3.63, 3.8) is 0 Å². The smallest absolute Gasteiger partial charge is 0.167 e. The molecule has 1 aromatic heterocycles. The van der Waals surface area contributed by atoms with E-state index in [0.717, 1.165) is 19.4 Å². The van der Waals surface area contributed by atoms with Crippen molar-refractivity contribution in [1.82, 2.24) is 4.98 Å². The highest BCUT2D eigenvalue weighted by Gasteiger charge is 2.28. The number of ketones is 1. The molecule has 0 spiro atoms. The maximum absolute atomic E-state index is 13.0. The predicted octanol–water partition coefficient (Wildman–Crippen LogP) is 3.19. The van der Waals surface area contributed by atoms with Crippen LogP contribution in [0.5, 0.6) is 0 Å². The fraction of sp³-hybridized carbons (Fsp3) is 0.278. The Bertz CT molecular complexity index is 752. The SMILES string of the molecule is N#Cc1cccnc1N1CCC[C@H](C(=O)c2ccc(F)cc2)C1. The molecule has 1 aliphatic rings. The van der Waals surface area contributed by atoms with Crippen molar-refractivity contribution in [2.75, 3.05) is 18.0 Å². The lowest BCUT2D eigenvalue weighted by atomic mass is 9.90. The first-order valence-electron chi connectivity index (χ1n) is 7.59. The maximum Gasteiger partial charge on any atom is 0.167 e. The second-order valence-corrected chi connectivity index (χ2v) is 5.64. The molecule has 0 N–H and O–H groups in total. The van der Waals surface area contributed by atoms with Gasteiger partial charge in [0.25, 0.3) is 0 Å². The summed E-state index contributed by atoms with van der Waals surface area (Å²) in [6.07, 6.45) is 3.31. The van der Waals surface area contributed by atoms with Gasteiger partial charge in [-0.05, 0) is 49.2 Å². The zero-order valence-corrected chi connectivity index (χ0v) is 12.6. The van der Waals surface area contributed by atoms with E-state index in [0.29, 0.717) is 23.5 Å². The Labute approximate surface area is 134 Å². The number of nitriles is 1. The molecule has 1 saturated heterocycles. The van der Waals surface area contributed by atoms with E-state index in [1.54, 1.807) is 18.3 Å². The normalized spacial score (nSPS) is 17.6. The molecule has 0 bridgehead atoms. The summed E-state index contributed by atoms with van der Waals surface area (Å²) in [6.45, 7) is 1.31. The van der Waals surface area contributed by atoms with Crippen molar-refractivity contribution >= 4 is 11.6 Å². The van der Waals surface area contributed by atoms with Gasteiger partial charge < -0.3 is 4.90 Å². The molecule has 0 saturated carbocycles. The van der Waals surface area contributed by atoms with Crippen LogP contribution in [0.25, 0.3) is 0 Å². The van der Waals surface area contributed by atoms with Gasteiger partial charge in [0.05, 0.1) is 5.56 Å². The number of rotatable bonds is 3. The average Bonchev–Trinajstić information content (AvgIpc) is 2.62. The van der Waals surface area contributed by atoms with Gasteiger partial charge in [-0.3, -0.25) is 4.79 Å². The Kier molecular flexibility index (Phi) is 4.33. The van der Waals surface area contributed by atoms with Gasteiger partial charge in [0.2, 0.25) is 0 Å².